The lowest BCUT2D eigenvalue weighted by Gasteiger charge is -2.45. The van der Waals surface area contributed by atoms with E-state index >= 15 is 0 Å². The van der Waals surface area contributed by atoms with Crippen LogP contribution < -0.4 is 10.6 Å². The molecule has 18 heavy (non-hydrogen) atoms. The standard InChI is InChI=1S/C14H25N3O/c1-14(5-7-15-8-6-14)10-16-13(18)17-9-11-3-2-4-12(11)17/h11-12,15H,2-10H2,1H3,(H,16,18). The number of hydrogen-bond acceptors (Lipinski definition) is 2. The van der Waals surface area contributed by atoms with Crippen LogP contribution >= 0.6 is 0 Å². The summed E-state index contributed by atoms with van der Waals surface area (Å²) in [6.07, 6.45) is 6.19. The Hall–Kier alpha value is -0.770. The molecule has 2 aliphatic heterocycles. The first-order chi connectivity index (χ1) is 8.68. The molecule has 2 amide bonds. The summed E-state index contributed by atoms with van der Waals surface area (Å²) in [5.41, 5.74) is 0.293. The average molecular weight is 251 g/mol. The third kappa shape index (κ3) is 2.22. The molecular formula is C14H25N3O. The molecule has 102 valence electrons. The summed E-state index contributed by atoms with van der Waals surface area (Å²) in [5, 5.41) is 6.55. The number of nitrogens with zero attached hydrogens (tertiary/aromatic N) is 1. The van der Waals surface area contributed by atoms with Gasteiger partial charge in [-0.15, -0.1) is 0 Å². The van der Waals surface area contributed by atoms with Gasteiger partial charge in [-0.2, -0.15) is 0 Å². The van der Waals surface area contributed by atoms with E-state index in [1.165, 1.54) is 32.1 Å². The van der Waals surface area contributed by atoms with Crippen molar-refractivity contribution in [2.45, 2.75) is 45.1 Å². The summed E-state index contributed by atoms with van der Waals surface area (Å²) in [7, 11) is 0. The highest BCUT2D eigenvalue weighted by molar-refractivity contribution is 5.75. The number of carbonyl (C=O) groups is 1. The maximum Gasteiger partial charge on any atom is 0.317 e. The molecule has 0 spiro atoms. The van der Waals surface area contributed by atoms with Crippen LogP contribution in [0.1, 0.15) is 39.0 Å². The molecule has 2 saturated heterocycles. The molecule has 0 aromatic heterocycles. The highest BCUT2D eigenvalue weighted by Crippen LogP contribution is 2.38. The van der Waals surface area contributed by atoms with E-state index in [0.717, 1.165) is 32.1 Å². The van der Waals surface area contributed by atoms with Gasteiger partial charge in [0, 0.05) is 19.1 Å². The van der Waals surface area contributed by atoms with Crippen LogP contribution in [0.25, 0.3) is 0 Å². The minimum absolute atomic E-state index is 0.179. The van der Waals surface area contributed by atoms with Gasteiger partial charge in [-0.05, 0) is 50.1 Å². The summed E-state index contributed by atoms with van der Waals surface area (Å²) in [6.45, 7) is 6.29. The van der Waals surface area contributed by atoms with Gasteiger partial charge >= 0.3 is 6.03 Å². The number of urea groups is 1. The van der Waals surface area contributed by atoms with E-state index in [2.05, 4.69) is 22.5 Å². The predicted octanol–water partition coefficient (Wildman–Crippen LogP) is 1.57. The molecule has 0 radical (unpaired) electrons. The Kier molecular flexibility index (Phi) is 3.22. The van der Waals surface area contributed by atoms with E-state index in [1.54, 1.807) is 0 Å². The van der Waals surface area contributed by atoms with Crippen LogP contribution in [0.15, 0.2) is 0 Å². The Morgan fingerprint density at radius 1 is 1.39 bits per heavy atom. The van der Waals surface area contributed by atoms with Crippen molar-refractivity contribution in [3.63, 3.8) is 0 Å². The van der Waals surface area contributed by atoms with Crippen molar-refractivity contribution in [2.75, 3.05) is 26.2 Å². The molecule has 0 bridgehead atoms. The Morgan fingerprint density at radius 3 is 2.89 bits per heavy atom. The zero-order valence-corrected chi connectivity index (χ0v) is 11.4. The SMILES string of the molecule is CC1(CNC(=O)N2CC3CCCC32)CCNCC1. The second-order valence-electron chi connectivity index (χ2n) is 6.63. The van der Waals surface area contributed by atoms with Crippen LogP contribution in [-0.4, -0.2) is 43.2 Å². The van der Waals surface area contributed by atoms with E-state index in [4.69, 9.17) is 0 Å². The number of carbonyl (C=O) groups excluding carboxylic acids is 1. The van der Waals surface area contributed by atoms with Crippen molar-refractivity contribution in [1.82, 2.24) is 15.5 Å². The van der Waals surface area contributed by atoms with Crippen molar-refractivity contribution < 1.29 is 4.79 Å². The number of hydrogen-bond donors (Lipinski definition) is 2. The van der Waals surface area contributed by atoms with Crippen molar-refractivity contribution in [2.24, 2.45) is 11.3 Å². The monoisotopic (exact) mass is 251 g/mol. The fourth-order valence-electron chi connectivity index (χ4n) is 3.72. The molecule has 3 rings (SSSR count). The van der Waals surface area contributed by atoms with E-state index in [9.17, 15) is 4.79 Å². The molecular weight excluding hydrogens is 226 g/mol. The van der Waals surface area contributed by atoms with Crippen LogP contribution in [0, 0.1) is 11.3 Å². The summed E-state index contributed by atoms with van der Waals surface area (Å²) in [5.74, 6) is 0.810. The highest BCUT2D eigenvalue weighted by atomic mass is 16.2. The lowest BCUT2D eigenvalue weighted by atomic mass is 9.81. The topological polar surface area (TPSA) is 44.4 Å². The molecule has 0 aromatic carbocycles. The third-order valence-corrected chi connectivity index (χ3v) is 5.19. The van der Waals surface area contributed by atoms with Gasteiger partial charge < -0.3 is 15.5 Å². The van der Waals surface area contributed by atoms with Crippen molar-refractivity contribution in [3.8, 4) is 0 Å². The predicted molar refractivity (Wildman–Crippen MR) is 71.4 cm³/mol. The summed E-state index contributed by atoms with van der Waals surface area (Å²) >= 11 is 0. The number of fused-ring (bicyclic) bond motifs is 1. The van der Waals surface area contributed by atoms with Crippen molar-refractivity contribution >= 4 is 6.03 Å². The first kappa shape index (κ1) is 12.3. The van der Waals surface area contributed by atoms with Crippen LogP contribution in [0.2, 0.25) is 0 Å². The second kappa shape index (κ2) is 4.72. The van der Waals surface area contributed by atoms with Crippen LogP contribution in [0.4, 0.5) is 4.79 Å². The second-order valence-corrected chi connectivity index (χ2v) is 6.63. The molecule has 2 N–H and O–H groups in total. The van der Waals surface area contributed by atoms with E-state index in [1.807, 2.05) is 0 Å². The molecule has 1 saturated carbocycles. The van der Waals surface area contributed by atoms with Gasteiger partial charge in [0.1, 0.15) is 0 Å². The maximum atomic E-state index is 12.2. The number of amides is 2. The zero-order chi connectivity index (χ0) is 12.6. The van der Waals surface area contributed by atoms with Crippen LogP contribution in [0.3, 0.4) is 0 Å². The lowest BCUT2D eigenvalue weighted by molar-refractivity contribution is 0.0686. The lowest BCUT2D eigenvalue weighted by Crippen LogP contribution is -2.60. The quantitative estimate of drug-likeness (QED) is 0.782. The van der Waals surface area contributed by atoms with Gasteiger partial charge in [0.15, 0.2) is 0 Å². The Labute approximate surface area is 109 Å². The first-order valence-corrected chi connectivity index (χ1v) is 7.43. The van der Waals surface area contributed by atoms with Gasteiger partial charge in [-0.25, -0.2) is 4.79 Å². The van der Waals surface area contributed by atoms with E-state index < -0.39 is 0 Å². The Morgan fingerprint density at radius 2 is 2.17 bits per heavy atom. The molecule has 2 heterocycles. The Bertz CT molecular complexity index is 325. The number of nitrogens with one attached hydrogen (secondary N) is 2. The van der Waals surface area contributed by atoms with Gasteiger partial charge in [-0.3, -0.25) is 0 Å². The zero-order valence-electron chi connectivity index (χ0n) is 11.4. The fraction of sp³-hybridized carbons (Fsp3) is 0.929. The van der Waals surface area contributed by atoms with Crippen molar-refractivity contribution in [3.05, 3.63) is 0 Å². The highest BCUT2D eigenvalue weighted by Gasteiger charge is 2.44. The molecule has 2 unspecified atom stereocenters. The summed E-state index contributed by atoms with van der Waals surface area (Å²) < 4.78 is 0. The third-order valence-electron chi connectivity index (χ3n) is 5.19. The summed E-state index contributed by atoms with van der Waals surface area (Å²) in [4.78, 5) is 14.2. The van der Waals surface area contributed by atoms with Crippen LogP contribution in [-0.2, 0) is 0 Å². The normalized spacial score (nSPS) is 33.7. The number of likely N-dealkylation sites (tertiary alicyclic amines) is 1. The smallest absolute Gasteiger partial charge is 0.317 e. The molecule has 4 heteroatoms. The minimum atomic E-state index is 0.179. The van der Waals surface area contributed by atoms with Crippen molar-refractivity contribution in [1.29, 1.82) is 0 Å². The molecule has 3 aliphatic rings. The number of piperidine rings is 1. The maximum absolute atomic E-state index is 12.2. The minimum Gasteiger partial charge on any atom is -0.337 e. The van der Waals surface area contributed by atoms with Gasteiger partial charge in [-0.1, -0.05) is 13.3 Å². The summed E-state index contributed by atoms with van der Waals surface area (Å²) in [6, 6.07) is 0.740. The van der Waals surface area contributed by atoms with Gasteiger partial charge in [0.25, 0.3) is 0 Å². The van der Waals surface area contributed by atoms with E-state index in [0.29, 0.717) is 11.5 Å². The molecule has 1 aliphatic carbocycles. The average Bonchev–Trinajstić information content (AvgIpc) is 2.69. The van der Waals surface area contributed by atoms with E-state index in [-0.39, 0.29) is 6.03 Å². The first-order valence-electron chi connectivity index (χ1n) is 7.43. The fourth-order valence-corrected chi connectivity index (χ4v) is 3.72. The van der Waals surface area contributed by atoms with Gasteiger partial charge in [0.2, 0.25) is 0 Å². The van der Waals surface area contributed by atoms with Crippen LogP contribution in [0.5, 0.6) is 0 Å². The number of rotatable bonds is 2. The molecule has 3 fully saturated rings. The molecule has 0 aromatic rings. The largest absolute Gasteiger partial charge is 0.337 e. The Balaban J connectivity index is 1.46. The van der Waals surface area contributed by atoms with Gasteiger partial charge in [0.05, 0.1) is 0 Å². The molecule has 4 nitrogen and oxygen atoms in total. The molecule has 2 atom stereocenters.